The molecule has 0 bridgehead atoms. The van der Waals surface area contributed by atoms with Crippen LogP contribution in [-0.4, -0.2) is 51.3 Å². The Hall–Kier alpha value is -3.47. The van der Waals surface area contributed by atoms with Gasteiger partial charge in [-0.15, -0.1) is 9.89 Å². The molecule has 0 saturated heterocycles. The first-order chi connectivity index (χ1) is 13.2. The summed E-state index contributed by atoms with van der Waals surface area (Å²) in [5, 5.41) is 12.5. The van der Waals surface area contributed by atoms with E-state index in [0.717, 1.165) is 21.8 Å². The highest BCUT2D eigenvalue weighted by atomic mass is 32.2. The number of hydrogen-bond acceptors (Lipinski definition) is 8. The molecule has 0 aliphatic carbocycles. The minimum atomic E-state index is 0.486. The number of fused-ring (bicyclic) bond motifs is 2. The van der Waals surface area contributed by atoms with Gasteiger partial charge in [-0.1, -0.05) is 0 Å². The molecule has 0 spiro atoms. The number of pyridine rings is 1. The summed E-state index contributed by atoms with van der Waals surface area (Å²) < 4.78 is 5.55. The van der Waals surface area contributed by atoms with Gasteiger partial charge < -0.3 is 4.40 Å². The van der Waals surface area contributed by atoms with E-state index in [2.05, 4.69) is 30.4 Å². The fourth-order valence-electron chi connectivity index (χ4n) is 2.73. The highest BCUT2D eigenvalue weighted by Crippen LogP contribution is 2.23. The van der Waals surface area contributed by atoms with Crippen LogP contribution in [0.15, 0.2) is 54.2 Å². The normalized spacial score (nSPS) is 11.5. The summed E-state index contributed by atoms with van der Waals surface area (Å²) >= 11 is 1.50. The van der Waals surface area contributed by atoms with Gasteiger partial charge in [-0.25, -0.2) is 19.4 Å². The fourth-order valence-corrected chi connectivity index (χ4v) is 3.51. The number of aryl methyl sites for hydroxylation is 1. The van der Waals surface area contributed by atoms with Crippen molar-refractivity contribution in [3.63, 3.8) is 0 Å². The third-order valence-corrected chi connectivity index (χ3v) is 4.89. The van der Waals surface area contributed by atoms with Gasteiger partial charge in [-0.3, -0.25) is 4.68 Å². The van der Waals surface area contributed by atoms with Crippen molar-refractivity contribution in [3.8, 4) is 11.3 Å². The lowest BCUT2D eigenvalue weighted by molar-refractivity contribution is 0.689. The van der Waals surface area contributed by atoms with E-state index in [1.807, 2.05) is 53.6 Å². The van der Waals surface area contributed by atoms with Crippen LogP contribution in [0.25, 0.3) is 28.2 Å². The third kappa shape index (κ3) is 2.77. The van der Waals surface area contributed by atoms with Crippen LogP contribution < -0.4 is 4.41 Å². The van der Waals surface area contributed by atoms with Crippen LogP contribution in [0.2, 0.25) is 0 Å². The van der Waals surface area contributed by atoms with E-state index >= 15 is 0 Å². The Morgan fingerprint density at radius 1 is 1.11 bits per heavy atom. The van der Waals surface area contributed by atoms with E-state index in [1.54, 1.807) is 28.1 Å². The topological polar surface area (TPSA) is 94.9 Å². The Labute approximate surface area is 157 Å². The number of rotatable bonds is 4. The van der Waals surface area contributed by atoms with E-state index in [-0.39, 0.29) is 0 Å². The maximum Gasteiger partial charge on any atom is 0.223 e. The van der Waals surface area contributed by atoms with E-state index < -0.39 is 0 Å². The van der Waals surface area contributed by atoms with Crippen molar-refractivity contribution in [2.24, 2.45) is 7.05 Å². The average Bonchev–Trinajstić information content (AvgIpc) is 3.39. The van der Waals surface area contributed by atoms with Gasteiger partial charge in [0.05, 0.1) is 18.1 Å². The zero-order valence-electron chi connectivity index (χ0n) is 14.5. The van der Waals surface area contributed by atoms with Crippen LogP contribution in [0.5, 0.6) is 0 Å². The smallest absolute Gasteiger partial charge is 0.223 e. The first-order valence-electron chi connectivity index (χ1n) is 8.09. The Bertz CT molecular complexity index is 1250. The Morgan fingerprint density at radius 2 is 2.04 bits per heavy atom. The quantitative estimate of drug-likeness (QED) is 0.435. The molecule has 11 heteroatoms. The molecule has 0 radical (unpaired) electrons. The van der Waals surface area contributed by atoms with Gasteiger partial charge in [-0.2, -0.15) is 5.10 Å². The second-order valence-electron chi connectivity index (χ2n) is 5.90. The number of imidazole rings is 1. The van der Waals surface area contributed by atoms with Crippen molar-refractivity contribution in [1.29, 1.82) is 0 Å². The summed E-state index contributed by atoms with van der Waals surface area (Å²) in [6.45, 7) is 0. The molecule has 10 nitrogen and oxygen atoms in total. The lowest BCUT2D eigenvalue weighted by atomic mass is 10.3. The van der Waals surface area contributed by atoms with E-state index in [0.29, 0.717) is 11.3 Å². The van der Waals surface area contributed by atoms with Gasteiger partial charge in [0.25, 0.3) is 0 Å². The van der Waals surface area contributed by atoms with Crippen LogP contribution in [-0.2, 0) is 7.05 Å². The monoisotopic (exact) mass is 378 g/mol. The zero-order chi connectivity index (χ0) is 18.4. The second kappa shape index (κ2) is 6.06. The van der Waals surface area contributed by atoms with Crippen LogP contribution in [0.1, 0.15) is 0 Å². The minimum Gasteiger partial charge on any atom is -0.306 e. The molecule has 5 heterocycles. The van der Waals surface area contributed by atoms with Crippen molar-refractivity contribution >= 4 is 28.9 Å². The standard InChI is InChI=1S/C16H14N10S/c1-23-9-11(7-19-23)13-8-18-15-16(20-13)26(22-21-15)24(2)27-12-3-4-14-17-5-6-25(14)10-12/h3-10H,1-2H3. The molecule has 0 unspecified atom stereocenters. The lowest BCUT2D eigenvalue weighted by Gasteiger charge is -2.16. The summed E-state index contributed by atoms with van der Waals surface area (Å²) in [5.41, 5.74) is 3.58. The fraction of sp³-hybridized carbons (Fsp3) is 0.125. The van der Waals surface area contributed by atoms with Gasteiger partial charge >= 0.3 is 0 Å². The van der Waals surface area contributed by atoms with Crippen molar-refractivity contribution < 1.29 is 0 Å². The predicted molar refractivity (Wildman–Crippen MR) is 101 cm³/mol. The van der Waals surface area contributed by atoms with Gasteiger partial charge in [0.15, 0.2) is 0 Å². The first kappa shape index (κ1) is 15.8. The SMILES string of the molecule is CN(Sc1ccc2nccn2c1)n1nnc2ncc(-c3cnn(C)c3)nc21. The predicted octanol–water partition coefficient (Wildman–Crippen LogP) is 1.54. The summed E-state index contributed by atoms with van der Waals surface area (Å²) in [6.07, 6.45) is 11.0. The van der Waals surface area contributed by atoms with Gasteiger partial charge in [0, 0.05) is 61.3 Å². The van der Waals surface area contributed by atoms with Crippen molar-refractivity contribution in [2.75, 3.05) is 11.5 Å². The summed E-state index contributed by atoms with van der Waals surface area (Å²) in [7, 11) is 3.76. The number of nitrogens with zero attached hydrogens (tertiary/aromatic N) is 10. The van der Waals surface area contributed by atoms with E-state index in [4.69, 9.17) is 0 Å². The molecule has 0 saturated carbocycles. The van der Waals surface area contributed by atoms with Gasteiger partial charge in [-0.05, 0) is 17.3 Å². The van der Waals surface area contributed by atoms with E-state index in [1.165, 1.54) is 11.9 Å². The van der Waals surface area contributed by atoms with E-state index in [9.17, 15) is 0 Å². The molecule has 27 heavy (non-hydrogen) atoms. The van der Waals surface area contributed by atoms with Crippen LogP contribution >= 0.6 is 11.9 Å². The average molecular weight is 378 g/mol. The molecule has 0 aromatic carbocycles. The lowest BCUT2D eigenvalue weighted by Crippen LogP contribution is -2.24. The molecule has 0 aliphatic rings. The van der Waals surface area contributed by atoms with Crippen LogP contribution in [0.3, 0.4) is 0 Å². The minimum absolute atomic E-state index is 0.486. The molecular formula is C16H14N10S. The number of aromatic nitrogens is 9. The van der Waals surface area contributed by atoms with Gasteiger partial charge in [0.2, 0.25) is 11.3 Å². The molecule has 0 fully saturated rings. The zero-order valence-corrected chi connectivity index (χ0v) is 15.3. The Kier molecular flexibility index (Phi) is 3.53. The molecule has 5 rings (SSSR count). The molecule has 0 amide bonds. The van der Waals surface area contributed by atoms with Crippen molar-refractivity contribution in [2.45, 2.75) is 4.90 Å². The molecule has 0 atom stereocenters. The molecule has 5 aromatic rings. The maximum atomic E-state index is 4.68. The van der Waals surface area contributed by atoms with Crippen molar-refractivity contribution in [1.82, 2.24) is 44.2 Å². The molecule has 0 aliphatic heterocycles. The number of hydrogen-bond donors (Lipinski definition) is 0. The highest BCUT2D eigenvalue weighted by Gasteiger charge is 2.14. The summed E-state index contributed by atoms with van der Waals surface area (Å²) in [6, 6.07) is 3.98. The second-order valence-corrected chi connectivity index (χ2v) is 7.08. The molecule has 5 aromatic heterocycles. The van der Waals surface area contributed by atoms with Crippen LogP contribution in [0, 0.1) is 0 Å². The molecule has 0 N–H and O–H groups in total. The van der Waals surface area contributed by atoms with Crippen LogP contribution in [0.4, 0.5) is 0 Å². The summed E-state index contributed by atoms with van der Waals surface area (Å²) in [4.78, 5) is 16.0. The molecule has 134 valence electrons. The largest absolute Gasteiger partial charge is 0.306 e. The summed E-state index contributed by atoms with van der Waals surface area (Å²) in [5.74, 6) is 0. The highest BCUT2D eigenvalue weighted by molar-refractivity contribution is 8.00. The Balaban J connectivity index is 1.49. The first-order valence-corrected chi connectivity index (χ1v) is 8.87. The maximum absolute atomic E-state index is 4.68. The van der Waals surface area contributed by atoms with Gasteiger partial charge in [0.1, 0.15) is 5.65 Å². The third-order valence-electron chi connectivity index (χ3n) is 4.02. The van der Waals surface area contributed by atoms with Crippen molar-refractivity contribution in [3.05, 3.63) is 49.3 Å². The Morgan fingerprint density at radius 3 is 2.89 bits per heavy atom. The molecular weight excluding hydrogens is 364 g/mol.